The fourth-order valence-corrected chi connectivity index (χ4v) is 3.98. The van der Waals surface area contributed by atoms with Gasteiger partial charge in [0.2, 0.25) is 0 Å². The van der Waals surface area contributed by atoms with Crippen molar-refractivity contribution in [1.29, 1.82) is 0 Å². The van der Waals surface area contributed by atoms with Gasteiger partial charge in [0.15, 0.2) is 0 Å². The number of aryl methyl sites for hydroxylation is 2. The van der Waals surface area contributed by atoms with Gasteiger partial charge in [0.25, 0.3) is 15.9 Å². The molecule has 0 unspecified atom stereocenters. The number of nitrogens with one attached hydrogen (secondary N) is 2. The molecule has 150 valence electrons. The third-order valence-corrected chi connectivity index (χ3v) is 6.23. The highest BCUT2D eigenvalue weighted by Crippen LogP contribution is 2.19. The fraction of sp³-hybridized carbons (Fsp3) is 0.174. The van der Waals surface area contributed by atoms with E-state index in [9.17, 15) is 13.2 Å². The summed E-state index contributed by atoms with van der Waals surface area (Å²) < 4.78 is 27.3. The molecule has 0 spiro atoms. The second-order valence-electron chi connectivity index (χ2n) is 7.03. The van der Waals surface area contributed by atoms with Crippen molar-refractivity contribution in [3.05, 3.63) is 95.1 Å². The van der Waals surface area contributed by atoms with Crippen LogP contribution < -0.4 is 10.0 Å². The molecule has 3 rings (SSSR count). The minimum Gasteiger partial charge on any atom is -0.346 e. The Kier molecular flexibility index (Phi) is 6.03. The highest BCUT2D eigenvalue weighted by molar-refractivity contribution is 7.92. The highest BCUT2D eigenvalue weighted by atomic mass is 32.2. The second-order valence-corrected chi connectivity index (χ2v) is 8.72. The fourth-order valence-electron chi connectivity index (χ4n) is 2.90. The third kappa shape index (κ3) is 5.03. The molecule has 6 heteroatoms. The summed E-state index contributed by atoms with van der Waals surface area (Å²) in [5, 5.41) is 2.98. The first-order valence-corrected chi connectivity index (χ1v) is 10.8. The first-order chi connectivity index (χ1) is 13.8. The van der Waals surface area contributed by atoms with Crippen molar-refractivity contribution < 1.29 is 13.2 Å². The Morgan fingerprint density at radius 1 is 0.862 bits per heavy atom. The Morgan fingerprint density at radius 3 is 2.14 bits per heavy atom. The molecule has 0 aliphatic heterocycles. The maximum absolute atomic E-state index is 12.5. The van der Waals surface area contributed by atoms with E-state index in [0.717, 1.165) is 5.56 Å². The van der Waals surface area contributed by atoms with E-state index in [1.807, 2.05) is 26.0 Å². The third-order valence-electron chi connectivity index (χ3n) is 4.83. The monoisotopic (exact) mass is 408 g/mol. The summed E-state index contributed by atoms with van der Waals surface area (Å²) in [6.45, 7) is 6.03. The number of hydrogen-bond acceptors (Lipinski definition) is 3. The van der Waals surface area contributed by atoms with Crippen LogP contribution in [0.5, 0.6) is 0 Å². The van der Waals surface area contributed by atoms with Crippen molar-refractivity contribution in [2.75, 3.05) is 4.72 Å². The van der Waals surface area contributed by atoms with Gasteiger partial charge in [-0.3, -0.25) is 9.52 Å². The molecular formula is C23H24N2O3S. The lowest BCUT2D eigenvalue weighted by Gasteiger charge is -2.16. The second kappa shape index (κ2) is 8.49. The Morgan fingerprint density at radius 2 is 1.52 bits per heavy atom. The molecule has 0 bridgehead atoms. The molecule has 1 atom stereocenters. The minimum atomic E-state index is -3.66. The Labute approximate surface area is 171 Å². The summed E-state index contributed by atoms with van der Waals surface area (Å²) in [4.78, 5) is 12.7. The van der Waals surface area contributed by atoms with Crippen molar-refractivity contribution in [3.8, 4) is 0 Å². The molecule has 0 aromatic heterocycles. The van der Waals surface area contributed by atoms with Gasteiger partial charge in [0.1, 0.15) is 0 Å². The van der Waals surface area contributed by atoms with E-state index < -0.39 is 10.0 Å². The van der Waals surface area contributed by atoms with Gasteiger partial charge in [-0.05, 0) is 73.9 Å². The molecule has 0 saturated carbocycles. The van der Waals surface area contributed by atoms with E-state index >= 15 is 0 Å². The van der Waals surface area contributed by atoms with Crippen LogP contribution in [0.25, 0.3) is 0 Å². The van der Waals surface area contributed by atoms with Crippen LogP contribution in [0, 0.1) is 13.8 Å². The molecule has 0 radical (unpaired) electrons. The topological polar surface area (TPSA) is 75.3 Å². The average Bonchev–Trinajstić information content (AvgIpc) is 2.71. The number of benzene rings is 3. The van der Waals surface area contributed by atoms with E-state index in [1.54, 1.807) is 42.5 Å². The van der Waals surface area contributed by atoms with Gasteiger partial charge in [-0.25, -0.2) is 8.42 Å². The van der Waals surface area contributed by atoms with Gasteiger partial charge < -0.3 is 5.32 Å². The summed E-state index contributed by atoms with van der Waals surface area (Å²) in [6.07, 6.45) is 0. The standard InChI is InChI=1S/C23H24N2O3S/c1-16-9-10-20(15-17(16)2)18(3)24-23(26)19-11-13-21(14-12-19)25-29(27,28)22-7-5-4-6-8-22/h4-15,18,25H,1-3H3,(H,24,26)/t18-/m1/s1. The van der Waals surface area contributed by atoms with Crippen LogP contribution in [0.15, 0.2) is 77.7 Å². The molecule has 3 aromatic carbocycles. The SMILES string of the molecule is Cc1ccc([C@@H](C)NC(=O)c2ccc(NS(=O)(=O)c3ccccc3)cc2)cc1C. The highest BCUT2D eigenvalue weighted by Gasteiger charge is 2.15. The zero-order chi connectivity index (χ0) is 21.0. The maximum atomic E-state index is 12.5. The smallest absolute Gasteiger partial charge is 0.261 e. The van der Waals surface area contributed by atoms with Crippen molar-refractivity contribution in [2.45, 2.75) is 31.7 Å². The summed E-state index contributed by atoms with van der Waals surface area (Å²) in [5.74, 6) is -0.215. The first-order valence-electron chi connectivity index (χ1n) is 9.32. The average molecular weight is 409 g/mol. The first kappa shape index (κ1) is 20.6. The van der Waals surface area contributed by atoms with Gasteiger partial charge in [-0.2, -0.15) is 0 Å². The molecule has 0 aliphatic carbocycles. The van der Waals surface area contributed by atoms with Crippen molar-refractivity contribution >= 4 is 21.6 Å². The molecule has 0 aliphatic rings. The number of hydrogen-bond donors (Lipinski definition) is 2. The Balaban J connectivity index is 1.68. The van der Waals surface area contributed by atoms with Gasteiger partial charge >= 0.3 is 0 Å². The summed E-state index contributed by atoms with van der Waals surface area (Å²) in [6, 6.07) is 20.5. The molecule has 3 aromatic rings. The van der Waals surface area contributed by atoms with Gasteiger partial charge in [-0.15, -0.1) is 0 Å². The van der Waals surface area contributed by atoms with Crippen LogP contribution in [-0.4, -0.2) is 14.3 Å². The van der Waals surface area contributed by atoms with Crippen molar-refractivity contribution in [1.82, 2.24) is 5.32 Å². The molecule has 1 amide bonds. The van der Waals surface area contributed by atoms with Crippen LogP contribution in [-0.2, 0) is 10.0 Å². The van der Waals surface area contributed by atoms with E-state index in [-0.39, 0.29) is 16.8 Å². The molecule has 29 heavy (non-hydrogen) atoms. The predicted molar refractivity (Wildman–Crippen MR) is 115 cm³/mol. The Bertz CT molecular complexity index is 1110. The largest absolute Gasteiger partial charge is 0.346 e. The lowest BCUT2D eigenvalue weighted by Crippen LogP contribution is -2.26. The van der Waals surface area contributed by atoms with E-state index in [2.05, 4.69) is 23.0 Å². The number of sulfonamides is 1. The lowest BCUT2D eigenvalue weighted by atomic mass is 10.0. The van der Waals surface area contributed by atoms with Crippen LogP contribution in [0.4, 0.5) is 5.69 Å². The van der Waals surface area contributed by atoms with E-state index in [0.29, 0.717) is 11.3 Å². The van der Waals surface area contributed by atoms with Crippen LogP contribution in [0.3, 0.4) is 0 Å². The molecular weight excluding hydrogens is 384 g/mol. The predicted octanol–water partition coefficient (Wildman–Crippen LogP) is 4.60. The van der Waals surface area contributed by atoms with Crippen molar-refractivity contribution in [2.24, 2.45) is 0 Å². The Hall–Kier alpha value is -3.12. The number of carbonyl (C=O) groups is 1. The summed E-state index contributed by atoms with van der Waals surface area (Å²) in [7, 11) is -3.66. The van der Waals surface area contributed by atoms with Crippen LogP contribution in [0.1, 0.15) is 40.0 Å². The summed E-state index contributed by atoms with van der Waals surface area (Å²) in [5.41, 5.74) is 4.28. The van der Waals surface area contributed by atoms with Crippen LogP contribution >= 0.6 is 0 Å². The van der Waals surface area contributed by atoms with Gasteiger partial charge in [0.05, 0.1) is 10.9 Å². The van der Waals surface area contributed by atoms with Gasteiger partial charge in [0, 0.05) is 11.3 Å². The van der Waals surface area contributed by atoms with E-state index in [4.69, 9.17) is 0 Å². The number of amides is 1. The van der Waals surface area contributed by atoms with Crippen molar-refractivity contribution in [3.63, 3.8) is 0 Å². The number of anilines is 1. The molecule has 2 N–H and O–H groups in total. The minimum absolute atomic E-state index is 0.141. The number of rotatable bonds is 6. The zero-order valence-corrected chi connectivity index (χ0v) is 17.5. The number of carbonyl (C=O) groups excluding carboxylic acids is 1. The zero-order valence-electron chi connectivity index (χ0n) is 16.6. The summed E-state index contributed by atoms with van der Waals surface area (Å²) >= 11 is 0. The normalized spacial score (nSPS) is 12.2. The molecule has 0 saturated heterocycles. The van der Waals surface area contributed by atoms with Gasteiger partial charge in [-0.1, -0.05) is 36.4 Å². The van der Waals surface area contributed by atoms with Crippen LogP contribution in [0.2, 0.25) is 0 Å². The maximum Gasteiger partial charge on any atom is 0.261 e. The van der Waals surface area contributed by atoms with E-state index in [1.165, 1.54) is 23.3 Å². The molecule has 0 fully saturated rings. The molecule has 0 heterocycles. The lowest BCUT2D eigenvalue weighted by molar-refractivity contribution is 0.0940. The quantitative estimate of drug-likeness (QED) is 0.626. The molecule has 5 nitrogen and oxygen atoms in total.